The fourth-order valence-electron chi connectivity index (χ4n) is 3.81. The normalized spacial score (nSPS) is 11.9. The summed E-state index contributed by atoms with van der Waals surface area (Å²) in [7, 11) is 1.34. The molecule has 1 aromatic carbocycles. The topological polar surface area (TPSA) is 108 Å². The van der Waals surface area contributed by atoms with E-state index in [2.05, 4.69) is 4.98 Å². The second kappa shape index (κ2) is 11.1. The maximum Gasteiger partial charge on any atom is 0.419 e. The lowest BCUT2D eigenvalue weighted by Crippen LogP contribution is -2.44. The smallest absolute Gasteiger partial charge is 0.419 e. The monoisotopic (exact) mass is 509 g/mol. The summed E-state index contributed by atoms with van der Waals surface area (Å²) in [6.45, 7) is 10.6. The molecule has 2 amide bonds. The van der Waals surface area contributed by atoms with Gasteiger partial charge in [-0.05, 0) is 79.0 Å². The Kier molecular flexibility index (Phi) is 8.35. The number of carbonyl (C=O) groups excluding carboxylic acids is 3. The second-order valence-corrected chi connectivity index (χ2v) is 10.8. The van der Waals surface area contributed by atoms with Crippen LogP contribution in [0.25, 0.3) is 21.7 Å². The van der Waals surface area contributed by atoms with Crippen molar-refractivity contribution in [1.82, 2.24) is 14.9 Å². The number of fused-ring (bicyclic) bond motifs is 3. The first-order valence-corrected chi connectivity index (χ1v) is 12.3. The summed E-state index contributed by atoms with van der Waals surface area (Å²) in [5.74, 6) is -0.430. The Labute approximate surface area is 217 Å². The van der Waals surface area contributed by atoms with Crippen LogP contribution in [-0.4, -0.2) is 57.9 Å². The van der Waals surface area contributed by atoms with E-state index in [0.29, 0.717) is 30.3 Å². The van der Waals surface area contributed by atoms with Crippen molar-refractivity contribution in [3.63, 3.8) is 0 Å². The van der Waals surface area contributed by atoms with Gasteiger partial charge in [0.2, 0.25) is 0 Å². The van der Waals surface area contributed by atoms with Gasteiger partial charge in [-0.25, -0.2) is 19.3 Å². The summed E-state index contributed by atoms with van der Waals surface area (Å²) in [4.78, 5) is 47.6. The van der Waals surface area contributed by atoms with E-state index in [1.165, 1.54) is 7.11 Å². The number of pyridine rings is 2. The van der Waals surface area contributed by atoms with Gasteiger partial charge in [-0.15, -0.1) is 0 Å². The number of imide groups is 1. The Morgan fingerprint density at radius 3 is 2.11 bits per heavy atom. The fraction of sp³-hybridized carbons (Fsp3) is 0.464. The first kappa shape index (κ1) is 27.8. The first-order chi connectivity index (χ1) is 17.3. The van der Waals surface area contributed by atoms with Crippen LogP contribution in [0.4, 0.5) is 9.59 Å². The fourth-order valence-corrected chi connectivity index (χ4v) is 3.81. The molecule has 9 nitrogen and oxygen atoms in total. The van der Waals surface area contributed by atoms with Gasteiger partial charge in [0.1, 0.15) is 11.2 Å². The van der Waals surface area contributed by atoms with Crippen molar-refractivity contribution < 1.29 is 28.6 Å². The van der Waals surface area contributed by atoms with Gasteiger partial charge in [0.25, 0.3) is 0 Å². The summed E-state index contributed by atoms with van der Waals surface area (Å²) in [5.41, 5.74) is 0.433. The van der Waals surface area contributed by atoms with Crippen LogP contribution in [0, 0.1) is 0 Å². The van der Waals surface area contributed by atoms with Gasteiger partial charge in [0.15, 0.2) is 0 Å². The zero-order valence-corrected chi connectivity index (χ0v) is 22.6. The highest BCUT2D eigenvalue weighted by Crippen LogP contribution is 2.28. The van der Waals surface area contributed by atoms with Gasteiger partial charge in [-0.2, -0.15) is 0 Å². The van der Waals surface area contributed by atoms with Gasteiger partial charge < -0.3 is 14.2 Å². The Bertz CT molecular complexity index is 1280. The molecule has 0 saturated heterocycles. The summed E-state index contributed by atoms with van der Waals surface area (Å²) < 4.78 is 15.7. The highest BCUT2D eigenvalue weighted by atomic mass is 16.6. The van der Waals surface area contributed by atoms with Crippen molar-refractivity contribution in [3.8, 4) is 0 Å². The van der Waals surface area contributed by atoms with Gasteiger partial charge in [0.05, 0.1) is 18.2 Å². The number of rotatable bonds is 6. The van der Waals surface area contributed by atoms with Crippen molar-refractivity contribution in [2.24, 2.45) is 0 Å². The molecule has 0 atom stereocenters. The molecule has 0 bridgehead atoms. The van der Waals surface area contributed by atoms with E-state index in [1.807, 2.05) is 12.1 Å². The second-order valence-electron chi connectivity index (χ2n) is 10.8. The molecule has 0 spiro atoms. The number of hydrogen-bond donors (Lipinski definition) is 0. The minimum absolute atomic E-state index is 0.142. The van der Waals surface area contributed by atoms with E-state index in [-0.39, 0.29) is 6.54 Å². The number of aromatic nitrogens is 2. The predicted molar refractivity (Wildman–Crippen MR) is 140 cm³/mol. The van der Waals surface area contributed by atoms with Crippen molar-refractivity contribution >= 4 is 39.8 Å². The third-order valence-corrected chi connectivity index (χ3v) is 5.37. The number of unbranched alkanes of at least 4 members (excludes halogenated alkanes) is 1. The van der Waals surface area contributed by atoms with Crippen LogP contribution in [0.1, 0.15) is 70.4 Å². The number of amides is 2. The molecule has 3 rings (SSSR count). The molecule has 0 radical (unpaired) electrons. The molecule has 0 aliphatic rings. The lowest BCUT2D eigenvalue weighted by Gasteiger charge is -2.28. The van der Waals surface area contributed by atoms with Crippen LogP contribution < -0.4 is 0 Å². The summed E-state index contributed by atoms with van der Waals surface area (Å²) >= 11 is 0. The Morgan fingerprint density at radius 2 is 1.51 bits per heavy atom. The molecule has 2 heterocycles. The number of ether oxygens (including phenoxy) is 3. The number of hydrogen-bond acceptors (Lipinski definition) is 8. The van der Waals surface area contributed by atoms with E-state index in [4.69, 9.17) is 19.2 Å². The van der Waals surface area contributed by atoms with Crippen molar-refractivity contribution in [1.29, 1.82) is 0 Å². The molecule has 0 aliphatic carbocycles. The number of methoxy groups -OCH3 is 1. The lowest BCUT2D eigenvalue weighted by atomic mass is 10.0. The highest BCUT2D eigenvalue weighted by Gasteiger charge is 2.30. The number of aryl methyl sites for hydroxylation is 1. The Morgan fingerprint density at radius 1 is 0.865 bits per heavy atom. The van der Waals surface area contributed by atoms with Crippen molar-refractivity contribution in [3.05, 3.63) is 47.9 Å². The Balaban J connectivity index is 1.80. The zero-order chi connectivity index (χ0) is 27.4. The SMILES string of the molecule is COC(=O)c1ccc2c(c1)nc(CCCCN(C(=O)OC(C)(C)C)C(=O)OC(C)(C)C)c1ccncc12. The summed E-state index contributed by atoms with van der Waals surface area (Å²) in [6, 6.07) is 7.19. The average molecular weight is 510 g/mol. The standard InChI is InChI=1S/C28H35N3O6/c1-27(2,3)36-25(33)31(26(34)37-28(4,5)6)15-9-8-10-22-20-13-14-29-17-21(20)19-12-11-18(24(32)35-7)16-23(19)30-22/h11-14,16-17H,8-10,15H2,1-7H3. The van der Waals surface area contributed by atoms with Crippen molar-refractivity contribution in [2.45, 2.75) is 72.0 Å². The summed E-state index contributed by atoms with van der Waals surface area (Å²) in [6.07, 6.45) is 3.79. The largest absolute Gasteiger partial charge is 0.465 e. The zero-order valence-electron chi connectivity index (χ0n) is 22.6. The van der Waals surface area contributed by atoms with Gasteiger partial charge >= 0.3 is 18.2 Å². The molecular formula is C28H35N3O6. The van der Waals surface area contributed by atoms with Crippen LogP contribution >= 0.6 is 0 Å². The van der Waals surface area contributed by atoms with Crippen LogP contribution in [0.15, 0.2) is 36.7 Å². The molecule has 2 aromatic heterocycles. The van der Waals surface area contributed by atoms with Crippen LogP contribution in [0.2, 0.25) is 0 Å². The predicted octanol–water partition coefficient (Wildman–Crippen LogP) is 6.06. The maximum atomic E-state index is 12.7. The van der Waals surface area contributed by atoms with E-state index >= 15 is 0 Å². The van der Waals surface area contributed by atoms with Crippen LogP contribution in [0.3, 0.4) is 0 Å². The average Bonchev–Trinajstić information content (AvgIpc) is 2.80. The van der Waals surface area contributed by atoms with E-state index in [0.717, 1.165) is 26.8 Å². The van der Waals surface area contributed by atoms with Gasteiger partial charge in [0, 0.05) is 40.8 Å². The molecule has 9 heteroatoms. The number of nitrogens with zero attached hydrogens (tertiary/aromatic N) is 3. The van der Waals surface area contributed by atoms with Gasteiger partial charge in [-0.3, -0.25) is 9.97 Å². The minimum Gasteiger partial charge on any atom is -0.465 e. The summed E-state index contributed by atoms with van der Waals surface area (Å²) in [5, 5.41) is 2.79. The van der Waals surface area contributed by atoms with E-state index < -0.39 is 29.4 Å². The first-order valence-electron chi connectivity index (χ1n) is 12.3. The molecule has 0 N–H and O–H groups in total. The molecule has 0 saturated carbocycles. The minimum atomic E-state index is -0.748. The molecule has 37 heavy (non-hydrogen) atoms. The van der Waals surface area contributed by atoms with E-state index in [1.54, 1.807) is 66.1 Å². The molecule has 3 aromatic rings. The third-order valence-electron chi connectivity index (χ3n) is 5.37. The Hall–Kier alpha value is -3.75. The number of carbonyl (C=O) groups is 3. The number of esters is 1. The van der Waals surface area contributed by atoms with E-state index in [9.17, 15) is 14.4 Å². The van der Waals surface area contributed by atoms with Crippen LogP contribution in [0.5, 0.6) is 0 Å². The van der Waals surface area contributed by atoms with Crippen LogP contribution in [-0.2, 0) is 20.6 Å². The molecule has 0 unspecified atom stereocenters. The molecule has 0 aliphatic heterocycles. The third kappa shape index (κ3) is 7.38. The van der Waals surface area contributed by atoms with Gasteiger partial charge in [-0.1, -0.05) is 6.07 Å². The maximum absolute atomic E-state index is 12.7. The van der Waals surface area contributed by atoms with Crippen molar-refractivity contribution in [2.75, 3.05) is 13.7 Å². The number of benzene rings is 1. The molecule has 198 valence electrons. The molecular weight excluding hydrogens is 474 g/mol. The lowest BCUT2D eigenvalue weighted by molar-refractivity contribution is 0.00118. The quantitative estimate of drug-likeness (QED) is 0.171. The molecule has 0 fully saturated rings. The highest BCUT2D eigenvalue weighted by molar-refractivity contribution is 6.07.